The fourth-order valence-electron chi connectivity index (χ4n) is 1.20. The van der Waals surface area contributed by atoms with Gasteiger partial charge >= 0.3 is 5.97 Å². The third-order valence-corrected chi connectivity index (χ3v) is 1.78. The summed E-state index contributed by atoms with van der Waals surface area (Å²) in [6.07, 6.45) is 2.86. The fourth-order valence-corrected chi connectivity index (χ4v) is 1.20. The molecular weight excluding hydrogens is 184 g/mol. The van der Waals surface area contributed by atoms with Crippen molar-refractivity contribution in [2.24, 2.45) is 0 Å². The summed E-state index contributed by atoms with van der Waals surface area (Å²) in [5, 5.41) is 0. The molecule has 14 heavy (non-hydrogen) atoms. The standard InChI is InChI=1S/C10H16O4/c1-4-5-9(11)12-6-8-7-13-10(2,3)14-8/h4-5,8H,6-7H2,1-3H3/b5-4+. The predicted octanol–water partition coefficient (Wildman–Crippen LogP) is 1.26. The number of rotatable bonds is 3. The van der Waals surface area contributed by atoms with Crippen molar-refractivity contribution < 1.29 is 19.0 Å². The Balaban J connectivity index is 2.24. The topological polar surface area (TPSA) is 44.8 Å². The second-order valence-electron chi connectivity index (χ2n) is 3.58. The van der Waals surface area contributed by atoms with Crippen LogP contribution in [0.1, 0.15) is 20.8 Å². The van der Waals surface area contributed by atoms with Crippen molar-refractivity contribution in [1.82, 2.24) is 0 Å². The van der Waals surface area contributed by atoms with Crippen molar-refractivity contribution in [3.05, 3.63) is 12.2 Å². The second-order valence-corrected chi connectivity index (χ2v) is 3.58. The zero-order valence-corrected chi connectivity index (χ0v) is 8.78. The van der Waals surface area contributed by atoms with E-state index in [1.54, 1.807) is 13.0 Å². The number of carbonyl (C=O) groups is 1. The molecule has 1 aliphatic rings. The molecule has 80 valence electrons. The highest BCUT2D eigenvalue weighted by Crippen LogP contribution is 2.22. The maximum atomic E-state index is 11.0. The molecular formula is C10H16O4. The number of carbonyl (C=O) groups excluding carboxylic acids is 1. The predicted molar refractivity (Wildman–Crippen MR) is 50.7 cm³/mol. The van der Waals surface area contributed by atoms with E-state index in [1.807, 2.05) is 13.8 Å². The van der Waals surface area contributed by atoms with Crippen LogP contribution in [-0.4, -0.2) is 31.1 Å². The first-order valence-corrected chi connectivity index (χ1v) is 4.65. The minimum atomic E-state index is -0.558. The lowest BCUT2D eigenvalue weighted by molar-refractivity contribution is -0.154. The van der Waals surface area contributed by atoms with Crippen molar-refractivity contribution >= 4 is 5.97 Å². The van der Waals surface area contributed by atoms with Crippen molar-refractivity contribution in [2.75, 3.05) is 13.2 Å². The highest BCUT2D eigenvalue weighted by molar-refractivity contribution is 5.81. The summed E-state index contributed by atoms with van der Waals surface area (Å²) in [7, 11) is 0. The lowest BCUT2D eigenvalue weighted by atomic mass is 10.4. The summed E-state index contributed by atoms with van der Waals surface area (Å²) in [5.74, 6) is -0.904. The minimum Gasteiger partial charge on any atom is -0.460 e. The van der Waals surface area contributed by atoms with E-state index in [9.17, 15) is 4.79 Å². The van der Waals surface area contributed by atoms with Gasteiger partial charge in [-0.25, -0.2) is 4.79 Å². The molecule has 0 saturated carbocycles. The van der Waals surface area contributed by atoms with Crippen LogP contribution < -0.4 is 0 Å². The first kappa shape index (κ1) is 11.2. The highest BCUT2D eigenvalue weighted by Gasteiger charge is 2.33. The van der Waals surface area contributed by atoms with Crippen molar-refractivity contribution in [1.29, 1.82) is 0 Å². The third-order valence-electron chi connectivity index (χ3n) is 1.78. The zero-order valence-electron chi connectivity index (χ0n) is 8.78. The Morgan fingerprint density at radius 2 is 2.36 bits per heavy atom. The average Bonchev–Trinajstić information content (AvgIpc) is 2.43. The number of ether oxygens (including phenoxy) is 3. The monoisotopic (exact) mass is 200 g/mol. The molecule has 1 rings (SSSR count). The van der Waals surface area contributed by atoms with Crippen molar-refractivity contribution in [3.8, 4) is 0 Å². The molecule has 0 N–H and O–H groups in total. The van der Waals surface area contributed by atoms with E-state index in [0.29, 0.717) is 6.61 Å². The van der Waals surface area contributed by atoms with E-state index in [0.717, 1.165) is 0 Å². The quantitative estimate of drug-likeness (QED) is 0.508. The van der Waals surface area contributed by atoms with Gasteiger partial charge in [-0.2, -0.15) is 0 Å². The van der Waals surface area contributed by atoms with Crippen molar-refractivity contribution in [3.63, 3.8) is 0 Å². The molecule has 0 aromatic rings. The maximum Gasteiger partial charge on any atom is 0.330 e. The van der Waals surface area contributed by atoms with Crippen LogP contribution in [0.4, 0.5) is 0 Å². The van der Waals surface area contributed by atoms with Crippen LogP contribution in [-0.2, 0) is 19.0 Å². The van der Waals surface area contributed by atoms with Gasteiger partial charge in [0.15, 0.2) is 5.79 Å². The van der Waals surface area contributed by atoms with Crippen LogP contribution in [0.15, 0.2) is 12.2 Å². The van der Waals surface area contributed by atoms with Crippen LogP contribution in [0.5, 0.6) is 0 Å². The Kier molecular flexibility index (Phi) is 3.66. The van der Waals surface area contributed by atoms with Gasteiger partial charge in [0.05, 0.1) is 6.61 Å². The molecule has 0 aromatic heterocycles. The molecule has 0 spiro atoms. The van der Waals surface area contributed by atoms with E-state index >= 15 is 0 Å². The summed E-state index contributed by atoms with van der Waals surface area (Å²) < 4.78 is 15.7. The van der Waals surface area contributed by atoms with Crippen LogP contribution >= 0.6 is 0 Å². The van der Waals surface area contributed by atoms with Crippen LogP contribution in [0.25, 0.3) is 0 Å². The third kappa shape index (κ3) is 3.47. The number of hydrogen-bond acceptors (Lipinski definition) is 4. The SMILES string of the molecule is C/C=C/C(=O)OCC1COC(C)(C)O1. The molecule has 0 radical (unpaired) electrons. The van der Waals surface area contributed by atoms with Crippen molar-refractivity contribution in [2.45, 2.75) is 32.7 Å². The fraction of sp³-hybridized carbons (Fsp3) is 0.700. The summed E-state index contributed by atoms with van der Waals surface area (Å²) in [4.78, 5) is 11.0. The largest absolute Gasteiger partial charge is 0.460 e. The number of allylic oxidation sites excluding steroid dienone is 1. The Bertz CT molecular complexity index is 232. The van der Waals surface area contributed by atoms with Gasteiger partial charge < -0.3 is 14.2 Å². The molecule has 1 heterocycles. The van der Waals surface area contributed by atoms with Crippen LogP contribution in [0.3, 0.4) is 0 Å². The van der Waals surface area contributed by atoms with Crippen LogP contribution in [0.2, 0.25) is 0 Å². The molecule has 0 bridgehead atoms. The minimum absolute atomic E-state index is 0.154. The first-order valence-electron chi connectivity index (χ1n) is 4.65. The Morgan fingerprint density at radius 3 is 2.86 bits per heavy atom. The van der Waals surface area contributed by atoms with Gasteiger partial charge in [0.25, 0.3) is 0 Å². The van der Waals surface area contributed by atoms with Crippen LogP contribution in [0, 0.1) is 0 Å². The maximum absolute atomic E-state index is 11.0. The van der Waals surface area contributed by atoms with Gasteiger partial charge in [0.2, 0.25) is 0 Å². The van der Waals surface area contributed by atoms with Gasteiger partial charge in [-0.1, -0.05) is 6.08 Å². The Labute approximate surface area is 83.8 Å². The Morgan fingerprint density at radius 1 is 1.64 bits per heavy atom. The van der Waals surface area contributed by atoms with Gasteiger partial charge in [0, 0.05) is 6.08 Å². The lowest BCUT2D eigenvalue weighted by Crippen LogP contribution is -2.24. The molecule has 4 heteroatoms. The number of hydrogen-bond donors (Lipinski definition) is 0. The molecule has 0 aromatic carbocycles. The second kappa shape index (κ2) is 4.57. The normalized spacial score (nSPS) is 25.5. The molecule has 0 aliphatic carbocycles. The van der Waals surface area contributed by atoms with E-state index in [2.05, 4.69) is 0 Å². The van der Waals surface area contributed by atoms with E-state index in [1.165, 1.54) is 6.08 Å². The smallest absolute Gasteiger partial charge is 0.330 e. The van der Waals surface area contributed by atoms with E-state index in [-0.39, 0.29) is 18.7 Å². The average molecular weight is 200 g/mol. The summed E-state index contributed by atoms with van der Waals surface area (Å²) in [6.45, 7) is 6.14. The zero-order chi connectivity index (χ0) is 10.6. The molecule has 1 fully saturated rings. The molecule has 1 aliphatic heterocycles. The number of esters is 1. The van der Waals surface area contributed by atoms with Gasteiger partial charge in [-0.15, -0.1) is 0 Å². The molecule has 1 atom stereocenters. The van der Waals surface area contributed by atoms with Gasteiger partial charge in [0.1, 0.15) is 12.7 Å². The molecule has 0 amide bonds. The molecule has 1 unspecified atom stereocenters. The first-order chi connectivity index (χ1) is 6.53. The van der Waals surface area contributed by atoms with E-state index < -0.39 is 5.79 Å². The van der Waals surface area contributed by atoms with Gasteiger partial charge in [-0.3, -0.25) is 0 Å². The van der Waals surface area contributed by atoms with Gasteiger partial charge in [-0.05, 0) is 20.8 Å². The molecule has 1 saturated heterocycles. The summed E-state index contributed by atoms with van der Waals surface area (Å²) in [5.41, 5.74) is 0. The Hall–Kier alpha value is -0.870. The summed E-state index contributed by atoms with van der Waals surface area (Å²) >= 11 is 0. The molecule has 4 nitrogen and oxygen atoms in total. The summed E-state index contributed by atoms with van der Waals surface area (Å²) in [6, 6.07) is 0. The highest BCUT2D eigenvalue weighted by atomic mass is 16.7. The van der Waals surface area contributed by atoms with E-state index in [4.69, 9.17) is 14.2 Å². The lowest BCUT2D eigenvalue weighted by Gasteiger charge is -2.16.